The van der Waals surface area contributed by atoms with Gasteiger partial charge in [0, 0.05) is 48.7 Å². The lowest BCUT2D eigenvalue weighted by molar-refractivity contribution is 0.0669. The molecule has 10 rings (SSSR count). The van der Waals surface area contributed by atoms with Crippen molar-refractivity contribution >= 4 is 11.8 Å². The summed E-state index contributed by atoms with van der Waals surface area (Å²) in [6, 6.07) is 29.2. The van der Waals surface area contributed by atoms with E-state index in [0.717, 1.165) is 11.1 Å². The van der Waals surface area contributed by atoms with Gasteiger partial charge in [0.2, 0.25) is 10.9 Å². The SMILES string of the molecule is O=C1c2c(O)c(=O)ccn2N2CN1CCCCOc1ccc(F)cc1[C@@H]2c1ccccc1.O=C1c2c(O)c(=O)ccn2N2CN1CCCCOc1ccc(F)cc1[C@H]2c1ccccc1. The fourth-order valence-corrected chi connectivity index (χ4v) is 8.73. The van der Waals surface area contributed by atoms with E-state index in [0.29, 0.717) is 74.6 Å². The quantitative estimate of drug-likeness (QED) is 0.212. The summed E-state index contributed by atoms with van der Waals surface area (Å²) in [4.78, 5) is 53.9. The first-order valence-corrected chi connectivity index (χ1v) is 21.0. The lowest BCUT2D eigenvalue weighted by atomic mass is 9.96. The zero-order valence-electron chi connectivity index (χ0n) is 34.6. The van der Waals surface area contributed by atoms with E-state index in [4.69, 9.17) is 9.47 Å². The van der Waals surface area contributed by atoms with Gasteiger partial charge in [-0.15, -0.1) is 0 Å². The summed E-state index contributed by atoms with van der Waals surface area (Å²) < 4.78 is 44.0. The number of hydrogen-bond donors (Lipinski definition) is 2. The monoisotopic (exact) mass is 870 g/mol. The number of pyridine rings is 2. The number of nitrogens with zero attached hydrogens (tertiary/aromatic N) is 6. The summed E-state index contributed by atoms with van der Waals surface area (Å²) in [7, 11) is 0. The third-order valence-corrected chi connectivity index (χ3v) is 11.8. The molecule has 0 saturated carbocycles. The van der Waals surface area contributed by atoms with Crippen LogP contribution in [0.5, 0.6) is 23.0 Å². The van der Waals surface area contributed by atoms with E-state index in [9.17, 15) is 38.2 Å². The molecule has 4 aliphatic heterocycles. The number of carbonyl (C=O) groups excluding carboxylic acids is 2. The van der Waals surface area contributed by atoms with Crippen molar-refractivity contribution in [2.24, 2.45) is 0 Å². The Morgan fingerprint density at radius 2 is 0.922 bits per heavy atom. The Kier molecular flexibility index (Phi) is 11.5. The van der Waals surface area contributed by atoms with E-state index in [1.807, 2.05) is 70.7 Å². The number of amides is 2. The fourth-order valence-electron chi connectivity index (χ4n) is 8.73. The maximum absolute atomic E-state index is 14.4. The summed E-state index contributed by atoms with van der Waals surface area (Å²) in [6.45, 7) is 2.13. The number of fused-ring (bicyclic) bond motifs is 10. The van der Waals surface area contributed by atoms with Crippen LogP contribution in [-0.2, 0) is 0 Å². The Balaban J connectivity index is 0.000000162. The number of aromatic hydroxyl groups is 2. The predicted octanol–water partition coefficient (Wildman–Crippen LogP) is 6.01. The summed E-state index contributed by atoms with van der Waals surface area (Å²) in [5.74, 6) is -1.72. The van der Waals surface area contributed by atoms with Gasteiger partial charge in [-0.1, -0.05) is 60.7 Å². The number of ether oxygens (including phenoxy) is 2. The summed E-state index contributed by atoms with van der Waals surface area (Å²) in [5, 5.41) is 24.7. The second-order valence-corrected chi connectivity index (χ2v) is 15.8. The fraction of sp³-hybridized carbons (Fsp3) is 0.250. The molecule has 0 saturated heterocycles. The van der Waals surface area contributed by atoms with Gasteiger partial charge in [0.05, 0.1) is 13.2 Å². The Morgan fingerprint density at radius 3 is 1.33 bits per heavy atom. The lowest BCUT2D eigenvalue weighted by Gasteiger charge is -2.44. The van der Waals surface area contributed by atoms with Crippen LogP contribution in [0.25, 0.3) is 0 Å². The van der Waals surface area contributed by atoms with Crippen LogP contribution in [-0.4, -0.2) is 80.8 Å². The van der Waals surface area contributed by atoms with Crippen LogP contribution in [0, 0.1) is 11.6 Å². The summed E-state index contributed by atoms with van der Waals surface area (Å²) in [5.41, 5.74) is 1.45. The maximum atomic E-state index is 14.4. The van der Waals surface area contributed by atoms with Crippen LogP contribution in [0.1, 0.15) is 81.0 Å². The zero-order chi connectivity index (χ0) is 44.5. The molecule has 2 N–H and O–H groups in total. The highest BCUT2D eigenvalue weighted by atomic mass is 19.1. The highest BCUT2D eigenvalue weighted by Gasteiger charge is 2.39. The van der Waals surface area contributed by atoms with Crippen LogP contribution in [0.4, 0.5) is 8.78 Å². The molecule has 6 aromatic rings. The average molecular weight is 871 g/mol. The molecule has 2 atom stereocenters. The number of aromatic nitrogens is 2. The van der Waals surface area contributed by atoms with Gasteiger partial charge in [0.15, 0.2) is 22.9 Å². The smallest absolute Gasteiger partial charge is 0.277 e. The van der Waals surface area contributed by atoms with Crippen molar-refractivity contribution in [2.75, 3.05) is 49.7 Å². The number of halogens is 2. The molecule has 328 valence electrons. The number of hydrogen-bond acceptors (Lipinski definition) is 10. The third-order valence-electron chi connectivity index (χ3n) is 11.8. The Morgan fingerprint density at radius 1 is 0.516 bits per heavy atom. The molecule has 16 heteroatoms. The molecule has 6 heterocycles. The molecule has 0 unspecified atom stereocenters. The van der Waals surface area contributed by atoms with E-state index < -0.39 is 57.9 Å². The molecule has 4 aromatic carbocycles. The Hall–Kier alpha value is -7.62. The highest BCUT2D eigenvalue weighted by Crippen LogP contribution is 2.39. The average Bonchev–Trinajstić information content (AvgIpc) is 3.35. The summed E-state index contributed by atoms with van der Waals surface area (Å²) in [6.07, 6.45) is 5.71. The van der Waals surface area contributed by atoms with Crippen molar-refractivity contribution in [1.29, 1.82) is 0 Å². The predicted molar refractivity (Wildman–Crippen MR) is 232 cm³/mol. The van der Waals surface area contributed by atoms with E-state index >= 15 is 0 Å². The van der Waals surface area contributed by atoms with Crippen LogP contribution < -0.4 is 30.3 Å². The first-order chi connectivity index (χ1) is 31.1. The summed E-state index contributed by atoms with van der Waals surface area (Å²) >= 11 is 0. The molecule has 0 fully saturated rings. The molecular formula is C48H44F2N6O8. The first kappa shape index (κ1) is 41.7. The van der Waals surface area contributed by atoms with Crippen molar-refractivity contribution in [3.05, 3.63) is 187 Å². The largest absolute Gasteiger partial charge is 0.502 e. The van der Waals surface area contributed by atoms with Gasteiger partial charge in [-0.05, 0) is 73.2 Å². The van der Waals surface area contributed by atoms with Gasteiger partial charge in [0.1, 0.15) is 48.6 Å². The molecular weight excluding hydrogens is 827 g/mol. The van der Waals surface area contributed by atoms with Gasteiger partial charge >= 0.3 is 0 Å². The van der Waals surface area contributed by atoms with Crippen LogP contribution in [0.3, 0.4) is 0 Å². The van der Waals surface area contributed by atoms with Gasteiger partial charge in [-0.2, -0.15) is 0 Å². The van der Waals surface area contributed by atoms with Crippen LogP contribution in [0.2, 0.25) is 0 Å². The normalized spacial score (nSPS) is 18.3. The maximum Gasteiger partial charge on any atom is 0.277 e. The minimum Gasteiger partial charge on any atom is -0.502 e. The first-order valence-electron chi connectivity index (χ1n) is 21.0. The molecule has 0 spiro atoms. The molecule has 4 bridgehead atoms. The van der Waals surface area contributed by atoms with Crippen molar-refractivity contribution in [2.45, 2.75) is 37.8 Å². The minimum absolute atomic E-state index is 0.0946. The van der Waals surface area contributed by atoms with Crippen molar-refractivity contribution in [1.82, 2.24) is 19.2 Å². The van der Waals surface area contributed by atoms with E-state index in [1.54, 1.807) is 21.9 Å². The van der Waals surface area contributed by atoms with Gasteiger partial charge < -0.3 is 29.5 Å². The topological polar surface area (TPSA) is 150 Å². The molecule has 2 amide bonds. The highest BCUT2D eigenvalue weighted by molar-refractivity contribution is 5.97. The lowest BCUT2D eigenvalue weighted by Crippen LogP contribution is -2.55. The van der Waals surface area contributed by atoms with E-state index in [1.165, 1.54) is 58.1 Å². The van der Waals surface area contributed by atoms with Crippen LogP contribution >= 0.6 is 0 Å². The molecule has 14 nitrogen and oxygen atoms in total. The molecule has 64 heavy (non-hydrogen) atoms. The third kappa shape index (κ3) is 7.86. The Labute approximate surface area is 365 Å². The standard InChI is InChI=1S/2C24H22FN3O4/c2*25-17-8-9-20-18(14-17)21(16-6-2-1-3-7-16)28-15-26(11-4-5-13-32-20)24(31)22-23(30)19(29)10-12-27(22)28/h2*1-3,6-10,12,14,21,30H,4-5,11,13,15H2/t2*21-/m10/s1. The van der Waals surface area contributed by atoms with Gasteiger partial charge in [-0.3, -0.25) is 38.5 Å². The van der Waals surface area contributed by atoms with Gasteiger partial charge in [-0.25, -0.2) is 8.78 Å². The van der Waals surface area contributed by atoms with Crippen molar-refractivity contribution < 1.29 is 38.1 Å². The van der Waals surface area contributed by atoms with Crippen molar-refractivity contribution in [3.63, 3.8) is 0 Å². The second kappa shape index (κ2) is 17.6. The van der Waals surface area contributed by atoms with E-state index in [-0.39, 0.29) is 24.7 Å². The number of benzene rings is 4. The number of carbonyl (C=O) groups is 2. The van der Waals surface area contributed by atoms with Crippen LogP contribution in [0.15, 0.2) is 131 Å². The minimum atomic E-state index is -0.623. The number of rotatable bonds is 2. The van der Waals surface area contributed by atoms with Crippen molar-refractivity contribution in [3.8, 4) is 23.0 Å². The zero-order valence-corrected chi connectivity index (χ0v) is 34.6. The molecule has 0 aliphatic carbocycles. The Bertz CT molecular complexity index is 2650. The molecule has 2 aromatic heterocycles. The van der Waals surface area contributed by atoms with Gasteiger partial charge in [0.25, 0.3) is 11.8 Å². The molecule has 4 aliphatic rings. The second-order valence-electron chi connectivity index (χ2n) is 15.8. The van der Waals surface area contributed by atoms with E-state index in [2.05, 4.69) is 0 Å². The molecule has 0 radical (unpaired) electrons.